The molecule has 0 spiro atoms. The molecule has 0 unspecified atom stereocenters. The Balaban J connectivity index is 0. The molecule has 1 amide bonds. The SMILES string of the molecule is CC.CCCCC(=O)NC. The monoisotopic (exact) mass is 145 g/mol. The molecule has 0 rings (SSSR count). The van der Waals surface area contributed by atoms with Gasteiger partial charge < -0.3 is 5.32 Å². The summed E-state index contributed by atoms with van der Waals surface area (Å²) in [6.45, 7) is 6.07. The molecule has 0 aromatic rings. The zero-order valence-electron chi connectivity index (χ0n) is 7.53. The van der Waals surface area contributed by atoms with Crippen LogP contribution in [0.3, 0.4) is 0 Å². The van der Waals surface area contributed by atoms with Gasteiger partial charge in [-0.05, 0) is 6.42 Å². The fraction of sp³-hybridized carbons (Fsp3) is 0.875. The molecule has 0 atom stereocenters. The van der Waals surface area contributed by atoms with Crippen LogP contribution in [0, 0.1) is 0 Å². The van der Waals surface area contributed by atoms with Crippen LogP contribution in [0.15, 0.2) is 0 Å². The van der Waals surface area contributed by atoms with Gasteiger partial charge >= 0.3 is 0 Å². The zero-order valence-corrected chi connectivity index (χ0v) is 7.53. The second kappa shape index (κ2) is 11.3. The van der Waals surface area contributed by atoms with Gasteiger partial charge in [-0.1, -0.05) is 27.2 Å². The zero-order chi connectivity index (χ0) is 8.41. The van der Waals surface area contributed by atoms with Crippen molar-refractivity contribution in [1.82, 2.24) is 5.32 Å². The third kappa shape index (κ3) is 10.5. The molecule has 0 heterocycles. The van der Waals surface area contributed by atoms with Gasteiger partial charge in [-0.2, -0.15) is 0 Å². The van der Waals surface area contributed by atoms with E-state index in [9.17, 15) is 4.79 Å². The van der Waals surface area contributed by atoms with Crippen LogP contribution < -0.4 is 5.32 Å². The topological polar surface area (TPSA) is 29.1 Å². The molecule has 0 fully saturated rings. The van der Waals surface area contributed by atoms with Crippen LogP contribution in [0.2, 0.25) is 0 Å². The number of nitrogens with one attached hydrogen (secondary N) is 1. The summed E-state index contributed by atoms with van der Waals surface area (Å²) in [5.41, 5.74) is 0. The maximum Gasteiger partial charge on any atom is 0.219 e. The van der Waals surface area contributed by atoms with E-state index in [0.717, 1.165) is 12.8 Å². The van der Waals surface area contributed by atoms with E-state index < -0.39 is 0 Å². The van der Waals surface area contributed by atoms with E-state index >= 15 is 0 Å². The minimum atomic E-state index is 0.145. The van der Waals surface area contributed by atoms with Crippen LogP contribution in [0.25, 0.3) is 0 Å². The van der Waals surface area contributed by atoms with Crippen molar-refractivity contribution in [2.24, 2.45) is 0 Å². The third-order valence-corrected chi connectivity index (χ3v) is 1.04. The van der Waals surface area contributed by atoms with Gasteiger partial charge in [-0.25, -0.2) is 0 Å². The smallest absolute Gasteiger partial charge is 0.219 e. The van der Waals surface area contributed by atoms with Gasteiger partial charge in [0.1, 0.15) is 0 Å². The lowest BCUT2D eigenvalue weighted by molar-refractivity contribution is -0.120. The summed E-state index contributed by atoms with van der Waals surface area (Å²) in [5, 5.41) is 2.56. The van der Waals surface area contributed by atoms with Crippen molar-refractivity contribution in [3.63, 3.8) is 0 Å². The Kier molecular flexibility index (Phi) is 13.7. The van der Waals surface area contributed by atoms with Crippen LogP contribution in [0.1, 0.15) is 40.0 Å². The van der Waals surface area contributed by atoms with Crippen molar-refractivity contribution in [3.8, 4) is 0 Å². The van der Waals surface area contributed by atoms with Gasteiger partial charge in [0.2, 0.25) is 5.91 Å². The molecule has 62 valence electrons. The Morgan fingerprint density at radius 3 is 2.20 bits per heavy atom. The molecule has 1 N–H and O–H groups in total. The molecule has 0 saturated carbocycles. The van der Waals surface area contributed by atoms with Crippen LogP contribution in [-0.2, 0) is 4.79 Å². The Bertz CT molecular complexity index is 71.7. The van der Waals surface area contributed by atoms with E-state index in [1.807, 2.05) is 13.8 Å². The number of unbranched alkanes of at least 4 members (excludes halogenated alkanes) is 1. The predicted octanol–water partition coefficient (Wildman–Crippen LogP) is 1.95. The van der Waals surface area contributed by atoms with Crippen molar-refractivity contribution in [2.75, 3.05) is 7.05 Å². The molecule has 2 heteroatoms. The molecule has 0 radical (unpaired) electrons. The fourth-order valence-corrected chi connectivity index (χ4v) is 0.462. The highest BCUT2D eigenvalue weighted by atomic mass is 16.1. The lowest BCUT2D eigenvalue weighted by atomic mass is 10.2. The first-order chi connectivity index (χ1) is 4.81. The molecule has 0 saturated heterocycles. The van der Waals surface area contributed by atoms with Crippen LogP contribution in [-0.4, -0.2) is 13.0 Å². The van der Waals surface area contributed by atoms with Crippen molar-refractivity contribution >= 4 is 5.91 Å². The summed E-state index contributed by atoms with van der Waals surface area (Å²) in [6, 6.07) is 0. The van der Waals surface area contributed by atoms with E-state index in [1.165, 1.54) is 0 Å². The maximum absolute atomic E-state index is 10.5. The Hall–Kier alpha value is -0.530. The summed E-state index contributed by atoms with van der Waals surface area (Å²) >= 11 is 0. The van der Waals surface area contributed by atoms with Gasteiger partial charge in [0.05, 0.1) is 0 Å². The van der Waals surface area contributed by atoms with Crippen LogP contribution >= 0.6 is 0 Å². The molecular weight excluding hydrogens is 126 g/mol. The summed E-state index contributed by atoms with van der Waals surface area (Å²) in [4.78, 5) is 10.5. The highest BCUT2D eigenvalue weighted by molar-refractivity contribution is 5.75. The van der Waals surface area contributed by atoms with E-state index in [4.69, 9.17) is 0 Å². The number of carbonyl (C=O) groups is 1. The van der Waals surface area contributed by atoms with Crippen molar-refractivity contribution in [3.05, 3.63) is 0 Å². The summed E-state index contributed by atoms with van der Waals surface area (Å²) in [7, 11) is 1.66. The van der Waals surface area contributed by atoms with Gasteiger partial charge in [0, 0.05) is 13.5 Å². The van der Waals surface area contributed by atoms with Gasteiger partial charge in [-0.15, -0.1) is 0 Å². The minimum absolute atomic E-state index is 0.145. The van der Waals surface area contributed by atoms with E-state index in [0.29, 0.717) is 6.42 Å². The van der Waals surface area contributed by atoms with Gasteiger partial charge in [0.15, 0.2) is 0 Å². The maximum atomic E-state index is 10.5. The lowest BCUT2D eigenvalue weighted by Crippen LogP contribution is -2.16. The fourth-order valence-electron chi connectivity index (χ4n) is 0.462. The minimum Gasteiger partial charge on any atom is -0.359 e. The molecule has 2 nitrogen and oxygen atoms in total. The van der Waals surface area contributed by atoms with Crippen molar-refractivity contribution in [2.45, 2.75) is 40.0 Å². The van der Waals surface area contributed by atoms with E-state index in [2.05, 4.69) is 12.2 Å². The Morgan fingerprint density at radius 1 is 1.40 bits per heavy atom. The Morgan fingerprint density at radius 2 is 1.90 bits per heavy atom. The summed E-state index contributed by atoms with van der Waals surface area (Å²) < 4.78 is 0. The highest BCUT2D eigenvalue weighted by Gasteiger charge is 1.92. The van der Waals surface area contributed by atoms with E-state index in [1.54, 1.807) is 7.05 Å². The molecule has 0 aliphatic rings. The molecular formula is C8H19NO. The van der Waals surface area contributed by atoms with E-state index in [-0.39, 0.29) is 5.91 Å². The average molecular weight is 145 g/mol. The van der Waals surface area contributed by atoms with Gasteiger partial charge in [-0.3, -0.25) is 4.79 Å². The third-order valence-electron chi connectivity index (χ3n) is 1.04. The second-order valence-corrected chi connectivity index (χ2v) is 1.78. The number of carbonyl (C=O) groups excluding carboxylic acids is 1. The molecule has 0 aromatic heterocycles. The Labute approximate surface area is 64.0 Å². The first kappa shape index (κ1) is 12.2. The number of hydrogen-bond acceptors (Lipinski definition) is 1. The van der Waals surface area contributed by atoms with Crippen LogP contribution in [0.4, 0.5) is 0 Å². The highest BCUT2D eigenvalue weighted by Crippen LogP contribution is 1.91. The normalized spacial score (nSPS) is 7.60. The summed E-state index contributed by atoms with van der Waals surface area (Å²) in [6.07, 6.45) is 2.76. The number of hydrogen-bond donors (Lipinski definition) is 1. The standard InChI is InChI=1S/C6H13NO.C2H6/c1-3-4-5-6(8)7-2;1-2/h3-5H2,1-2H3,(H,7,8);1-2H3. The average Bonchev–Trinajstić information content (AvgIpc) is 2.04. The van der Waals surface area contributed by atoms with Crippen molar-refractivity contribution < 1.29 is 4.79 Å². The quantitative estimate of drug-likeness (QED) is 0.646. The lowest BCUT2D eigenvalue weighted by Gasteiger charge is -1.94. The molecule has 0 bridgehead atoms. The predicted molar refractivity (Wildman–Crippen MR) is 44.9 cm³/mol. The summed E-state index contributed by atoms with van der Waals surface area (Å²) in [5.74, 6) is 0.145. The number of rotatable bonds is 3. The molecule has 0 aliphatic heterocycles. The van der Waals surface area contributed by atoms with Gasteiger partial charge in [0.25, 0.3) is 0 Å². The van der Waals surface area contributed by atoms with Crippen molar-refractivity contribution in [1.29, 1.82) is 0 Å². The molecule has 0 aliphatic carbocycles. The first-order valence-electron chi connectivity index (χ1n) is 4.01. The molecule has 0 aromatic carbocycles. The first-order valence-corrected chi connectivity index (χ1v) is 4.01. The molecule has 10 heavy (non-hydrogen) atoms. The number of amides is 1. The van der Waals surface area contributed by atoms with Crippen LogP contribution in [0.5, 0.6) is 0 Å². The second-order valence-electron chi connectivity index (χ2n) is 1.78. The largest absolute Gasteiger partial charge is 0.359 e.